The Hall–Kier alpha value is -1.47. The standard InChI is InChI=1S/C13H8NO2.CH3.W/c1-14-12(15)9-6-2-4-8-5-3-7-10(11(8)9)13(14)16;;/h2-4,6-7H,1H3;1H3;/q2*-1;+2. The zero-order chi connectivity index (χ0) is 11.3. The fourth-order valence-corrected chi connectivity index (χ4v) is 2.07. The summed E-state index contributed by atoms with van der Waals surface area (Å²) >= 11 is 0. The van der Waals surface area contributed by atoms with Crippen LogP contribution in [0.15, 0.2) is 30.3 Å². The smallest absolute Gasteiger partial charge is 0.358 e. The normalized spacial score (nSPS) is 13.1. The largest absolute Gasteiger partial charge is 2.00 e. The van der Waals surface area contributed by atoms with Crippen LogP contribution in [0, 0.1) is 13.5 Å². The molecule has 0 atom stereocenters. The summed E-state index contributed by atoms with van der Waals surface area (Å²) in [5, 5.41) is 1.53. The summed E-state index contributed by atoms with van der Waals surface area (Å²) < 4.78 is 0. The molecule has 0 radical (unpaired) electrons. The molecule has 2 amide bonds. The molecular formula is C14H11NO2W. The zero-order valence-electron chi connectivity index (χ0n) is 10.1. The summed E-state index contributed by atoms with van der Waals surface area (Å²) in [5.41, 5.74) is 1.15. The van der Waals surface area contributed by atoms with E-state index < -0.39 is 0 Å². The van der Waals surface area contributed by atoms with Gasteiger partial charge in [0.05, 0.1) is 0 Å². The van der Waals surface area contributed by atoms with E-state index in [1.54, 1.807) is 24.3 Å². The Morgan fingerprint density at radius 2 is 1.67 bits per heavy atom. The van der Waals surface area contributed by atoms with Crippen molar-refractivity contribution in [3.8, 4) is 0 Å². The maximum atomic E-state index is 11.9. The molecule has 18 heavy (non-hydrogen) atoms. The predicted molar refractivity (Wildman–Crippen MR) is 65.6 cm³/mol. The number of hydrogen-bond acceptors (Lipinski definition) is 2. The van der Waals surface area contributed by atoms with E-state index in [1.807, 2.05) is 6.07 Å². The molecule has 4 heteroatoms. The van der Waals surface area contributed by atoms with E-state index in [4.69, 9.17) is 0 Å². The second kappa shape index (κ2) is 5.03. The molecule has 1 aliphatic rings. The molecule has 0 spiro atoms. The SMILES string of the molecule is CN1C(=O)c2cc[c-]c3cccc(c23)C1=O.[CH3-].[W+2]. The summed E-state index contributed by atoms with van der Waals surface area (Å²) in [6, 6.07) is 11.9. The number of hydrogen-bond donors (Lipinski definition) is 0. The minimum absolute atomic E-state index is 0. The average Bonchev–Trinajstić information content (AvgIpc) is 2.33. The van der Waals surface area contributed by atoms with Crippen LogP contribution in [0.4, 0.5) is 0 Å². The van der Waals surface area contributed by atoms with Gasteiger partial charge in [0, 0.05) is 12.6 Å². The Morgan fingerprint density at radius 1 is 1.06 bits per heavy atom. The van der Waals surface area contributed by atoms with Gasteiger partial charge >= 0.3 is 21.1 Å². The van der Waals surface area contributed by atoms with E-state index in [0.717, 1.165) is 15.7 Å². The van der Waals surface area contributed by atoms with Crippen LogP contribution < -0.4 is 0 Å². The molecule has 0 unspecified atom stereocenters. The van der Waals surface area contributed by atoms with Crippen molar-refractivity contribution in [3.63, 3.8) is 0 Å². The van der Waals surface area contributed by atoms with Crippen LogP contribution in [0.3, 0.4) is 0 Å². The Labute approximate surface area is 120 Å². The summed E-state index contributed by atoms with van der Waals surface area (Å²) in [6.07, 6.45) is 0. The molecule has 0 saturated carbocycles. The van der Waals surface area contributed by atoms with Crippen LogP contribution in [0.1, 0.15) is 20.7 Å². The second-order valence-electron chi connectivity index (χ2n) is 3.79. The third-order valence-corrected chi connectivity index (χ3v) is 2.89. The van der Waals surface area contributed by atoms with Crippen molar-refractivity contribution in [3.05, 3.63) is 55.0 Å². The van der Waals surface area contributed by atoms with Crippen LogP contribution >= 0.6 is 0 Å². The van der Waals surface area contributed by atoms with Crippen LogP contribution in [0.2, 0.25) is 0 Å². The van der Waals surface area contributed by atoms with Crippen molar-refractivity contribution < 1.29 is 30.7 Å². The fourth-order valence-electron chi connectivity index (χ4n) is 2.07. The first-order chi connectivity index (χ1) is 7.70. The van der Waals surface area contributed by atoms with Crippen LogP contribution in [-0.4, -0.2) is 23.8 Å². The van der Waals surface area contributed by atoms with Crippen molar-refractivity contribution in [2.75, 3.05) is 7.05 Å². The van der Waals surface area contributed by atoms with Crippen LogP contribution in [0.5, 0.6) is 0 Å². The van der Waals surface area contributed by atoms with Crippen molar-refractivity contribution in [2.24, 2.45) is 0 Å². The first kappa shape index (κ1) is 14.6. The molecule has 2 aromatic rings. The summed E-state index contributed by atoms with van der Waals surface area (Å²) in [6.45, 7) is 0. The fraction of sp³-hybridized carbons (Fsp3) is 0.0714. The van der Waals surface area contributed by atoms with E-state index in [0.29, 0.717) is 11.1 Å². The van der Waals surface area contributed by atoms with Gasteiger partial charge in [-0.2, -0.15) is 0 Å². The number of rotatable bonds is 0. The van der Waals surface area contributed by atoms with Crippen molar-refractivity contribution in [1.82, 2.24) is 4.90 Å². The first-order valence-electron chi connectivity index (χ1n) is 4.96. The molecule has 90 valence electrons. The maximum Gasteiger partial charge on any atom is 2.00 e. The van der Waals surface area contributed by atoms with Gasteiger partial charge in [-0.15, -0.1) is 35.7 Å². The van der Waals surface area contributed by atoms with Gasteiger partial charge in [-0.05, 0) is 5.56 Å². The van der Waals surface area contributed by atoms with Gasteiger partial charge in [-0.25, -0.2) is 0 Å². The molecule has 0 N–H and O–H groups in total. The number of imide groups is 1. The van der Waals surface area contributed by atoms with Crippen LogP contribution in [-0.2, 0) is 21.1 Å². The van der Waals surface area contributed by atoms with Gasteiger partial charge in [0.15, 0.2) is 0 Å². The average molecular weight is 409 g/mol. The zero-order valence-corrected chi connectivity index (χ0v) is 13.0. The Balaban J connectivity index is 0.000000810. The molecule has 2 aromatic carbocycles. The summed E-state index contributed by atoms with van der Waals surface area (Å²) in [7, 11) is 1.50. The minimum atomic E-state index is -0.248. The summed E-state index contributed by atoms with van der Waals surface area (Å²) in [4.78, 5) is 25.0. The van der Waals surface area contributed by atoms with E-state index in [9.17, 15) is 9.59 Å². The van der Waals surface area contributed by atoms with Crippen molar-refractivity contribution >= 4 is 22.6 Å². The number of benzene rings is 2. The Kier molecular flexibility index (Phi) is 4.08. The predicted octanol–water partition coefficient (Wildman–Crippen LogP) is 2.31. The molecule has 1 aliphatic heterocycles. The summed E-state index contributed by atoms with van der Waals surface area (Å²) in [5.74, 6) is -0.495. The molecule has 3 nitrogen and oxygen atoms in total. The number of amides is 2. The third kappa shape index (κ3) is 1.79. The third-order valence-electron chi connectivity index (χ3n) is 2.89. The van der Waals surface area contributed by atoms with Gasteiger partial charge in [0.25, 0.3) is 5.91 Å². The number of carbonyl (C=O) groups excluding carboxylic acids is 2. The molecule has 1 heterocycles. The maximum absolute atomic E-state index is 11.9. The quantitative estimate of drug-likeness (QED) is 0.495. The second-order valence-corrected chi connectivity index (χ2v) is 3.79. The monoisotopic (exact) mass is 409 g/mol. The van der Waals surface area contributed by atoms with Gasteiger partial charge in [-0.3, -0.25) is 14.5 Å². The van der Waals surface area contributed by atoms with E-state index in [-0.39, 0.29) is 40.3 Å². The Bertz CT molecular complexity index is 586. The van der Waals surface area contributed by atoms with Gasteiger partial charge in [-0.1, -0.05) is 11.5 Å². The van der Waals surface area contributed by atoms with Crippen molar-refractivity contribution in [2.45, 2.75) is 0 Å². The van der Waals surface area contributed by atoms with Gasteiger partial charge in [0.1, 0.15) is 0 Å². The first-order valence-corrected chi connectivity index (χ1v) is 4.96. The van der Waals surface area contributed by atoms with Crippen molar-refractivity contribution in [1.29, 1.82) is 0 Å². The number of nitrogens with zero attached hydrogens (tertiary/aromatic N) is 1. The van der Waals surface area contributed by atoms with Gasteiger partial charge in [0.2, 0.25) is 5.91 Å². The molecule has 0 aromatic heterocycles. The molecule has 0 aliphatic carbocycles. The molecule has 0 saturated heterocycles. The van der Waals surface area contributed by atoms with Crippen LogP contribution in [0.25, 0.3) is 10.8 Å². The molecule has 0 bridgehead atoms. The number of carbonyl (C=O) groups is 2. The Morgan fingerprint density at radius 3 is 2.33 bits per heavy atom. The van der Waals surface area contributed by atoms with E-state index >= 15 is 0 Å². The van der Waals surface area contributed by atoms with E-state index in [1.165, 1.54) is 7.05 Å². The minimum Gasteiger partial charge on any atom is -0.358 e. The molecule has 3 rings (SSSR count). The van der Waals surface area contributed by atoms with Gasteiger partial charge < -0.3 is 7.43 Å². The molecular weight excluding hydrogens is 398 g/mol. The topological polar surface area (TPSA) is 37.4 Å². The van der Waals surface area contributed by atoms with E-state index in [2.05, 4.69) is 6.07 Å². The molecule has 0 fully saturated rings.